The van der Waals surface area contributed by atoms with Gasteiger partial charge in [0.15, 0.2) is 5.75 Å². The van der Waals surface area contributed by atoms with Gasteiger partial charge in [0.05, 0.1) is 0 Å². The van der Waals surface area contributed by atoms with Gasteiger partial charge in [-0.25, -0.2) is 5.01 Å². The summed E-state index contributed by atoms with van der Waals surface area (Å²) in [5, 5.41) is 7.04. The average Bonchev–Trinajstić information content (AvgIpc) is 3.05. The average molecular weight is 395 g/mol. The van der Waals surface area contributed by atoms with E-state index in [0.29, 0.717) is 11.3 Å². The number of nitrogens with zero attached hydrogens (tertiary/aromatic N) is 3. The van der Waals surface area contributed by atoms with Crippen LogP contribution in [0.1, 0.15) is 10.4 Å². The van der Waals surface area contributed by atoms with Crippen LogP contribution in [0.25, 0.3) is 0 Å². The summed E-state index contributed by atoms with van der Waals surface area (Å²) in [6.45, 7) is 0.211. The van der Waals surface area contributed by atoms with Crippen molar-refractivity contribution in [2.75, 3.05) is 6.67 Å². The van der Waals surface area contributed by atoms with Crippen LogP contribution in [0, 0.1) is 0 Å². The number of carbonyl (C=O) groups excluding carboxylic acids is 1. The topological polar surface area (TPSA) is 45.1 Å². The van der Waals surface area contributed by atoms with Gasteiger partial charge in [-0.15, -0.1) is 0 Å². The van der Waals surface area contributed by atoms with E-state index in [4.69, 9.17) is 16.4 Å². The second kappa shape index (κ2) is 6.60. The van der Waals surface area contributed by atoms with Crippen LogP contribution in [-0.4, -0.2) is 32.8 Å². The van der Waals surface area contributed by atoms with Crippen LogP contribution in [0.4, 0.5) is 0 Å². The Morgan fingerprint density at radius 2 is 1.74 bits per heavy atom. The second-order valence-corrected chi connectivity index (χ2v) is 6.98. The third-order valence-electron chi connectivity index (χ3n) is 3.19. The number of hydroxylamine groups is 2. The highest BCUT2D eigenvalue weighted by atomic mass is 79.9. The predicted molar refractivity (Wildman–Crippen MR) is 92.4 cm³/mol. The first kappa shape index (κ1) is 15.8. The molecule has 118 valence electrons. The van der Waals surface area contributed by atoms with Gasteiger partial charge < -0.3 is 4.84 Å². The first-order chi connectivity index (χ1) is 11.1. The number of hydrogen-bond donors (Lipinski definition) is 0. The third kappa shape index (κ3) is 3.48. The molecule has 0 radical (unpaired) electrons. The summed E-state index contributed by atoms with van der Waals surface area (Å²) in [6, 6.07) is 18.1. The summed E-state index contributed by atoms with van der Waals surface area (Å²) in [7, 11) is 0. The number of alkyl halides is 2. The van der Waals surface area contributed by atoms with Crippen molar-refractivity contribution in [2.45, 2.75) is 3.91 Å². The Balaban J connectivity index is 1.68. The van der Waals surface area contributed by atoms with Crippen molar-refractivity contribution in [3.63, 3.8) is 0 Å². The van der Waals surface area contributed by atoms with Crippen LogP contribution in [0.15, 0.2) is 65.8 Å². The zero-order chi connectivity index (χ0) is 16.3. The van der Waals surface area contributed by atoms with Crippen LogP contribution in [0.3, 0.4) is 0 Å². The summed E-state index contributed by atoms with van der Waals surface area (Å²) in [5.41, 5.74) is 0.497. The first-order valence-corrected chi connectivity index (χ1v) is 8.03. The monoisotopic (exact) mass is 393 g/mol. The highest BCUT2D eigenvalue weighted by Crippen LogP contribution is 2.34. The molecule has 2 aromatic carbocycles. The van der Waals surface area contributed by atoms with Crippen LogP contribution < -0.4 is 4.84 Å². The normalized spacial score (nSPS) is 16.3. The van der Waals surface area contributed by atoms with E-state index in [-0.39, 0.29) is 12.5 Å². The fourth-order valence-corrected chi connectivity index (χ4v) is 2.67. The van der Waals surface area contributed by atoms with E-state index in [1.807, 2.05) is 36.4 Å². The summed E-state index contributed by atoms with van der Waals surface area (Å²) < 4.78 is -1.47. The van der Waals surface area contributed by atoms with Crippen molar-refractivity contribution in [2.24, 2.45) is 5.10 Å². The van der Waals surface area contributed by atoms with Crippen LogP contribution in [0.5, 0.6) is 5.75 Å². The van der Waals surface area contributed by atoms with Crippen molar-refractivity contribution < 1.29 is 9.63 Å². The quantitative estimate of drug-likeness (QED) is 0.441. The van der Waals surface area contributed by atoms with Gasteiger partial charge in [0, 0.05) is 5.56 Å². The van der Waals surface area contributed by atoms with Gasteiger partial charge in [-0.2, -0.15) is 10.2 Å². The number of hydrogen-bond acceptors (Lipinski definition) is 5. The largest absolute Gasteiger partial charge is 0.377 e. The number of halogens is 2. The molecule has 1 heterocycles. The van der Waals surface area contributed by atoms with Crippen molar-refractivity contribution >= 4 is 39.7 Å². The highest BCUT2D eigenvalue weighted by Gasteiger charge is 2.42. The first-order valence-electron chi connectivity index (χ1n) is 6.86. The van der Waals surface area contributed by atoms with Gasteiger partial charge in [0.1, 0.15) is 13.0 Å². The van der Waals surface area contributed by atoms with Gasteiger partial charge in [-0.1, -0.05) is 60.1 Å². The zero-order valence-electron chi connectivity index (χ0n) is 12.0. The van der Waals surface area contributed by atoms with Crippen LogP contribution >= 0.6 is 27.5 Å². The van der Waals surface area contributed by atoms with E-state index in [9.17, 15) is 4.79 Å². The molecule has 3 rings (SSSR count). The van der Waals surface area contributed by atoms with Crippen molar-refractivity contribution in [3.8, 4) is 5.75 Å². The maximum Gasteiger partial charge on any atom is 0.250 e. The van der Waals surface area contributed by atoms with E-state index in [0.717, 1.165) is 0 Å². The molecule has 1 aliphatic rings. The SMILES string of the molecule is O=C(c1ccccc1)C(Cl)(Br)N1CN(Oc2ccccc2)C=N1. The number of rotatable bonds is 5. The van der Waals surface area contributed by atoms with Gasteiger partial charge in [-0.05, 0) is 28.1 Å². The lowest BCUT2D eigenvalue weighted by Gasteiger charge is -2.28. The van der Waals surface area contributed by atoms with E-state index < -0.39 is 3.91 Å². The number of hydrazone groups is 1. The van der Waals surface area contributed by atoms with E-state index in [2.05, 4.69) is 21.0 Å². The fraction of sp³-hybridized carbons (Fsp3) is 0.125. The summed E-state index contributed by atoms with van der Waals surface area (Å²) >= 11 is 9.66. The van der Waals surface area contributed by atoms with Crippen LogP contribution in [-0.2, 0) is 0 Å². The fourth-order valence-electron chi connectivity index (χ4n) is 2.04. The lowest BCUT2D eigenvalue weighted by atomic mass is 10.1. The van der Waals surface area contributed by atoms with Gasteiger partial charge in [-0.3, -0.25) is 4.79 Å². The molecule has 2 aromatic rings. The third-order valence-corrected chi connectivity index (χ3v) is 4.33. The molecule has 0 N–H and O–H groups in total. The predicted octanol–water partition coefficient (Wildman–Crippen LogP) is 3.67. The molecule has 23 heavy (non-hydrogen) atoms. The standard InChI is InChI=1S/C16H13BrClN3O2/c17-16(18,15(22)13-7-3-1-4-8-13)21-12-20(11-19-21)23-14-9-5-2-6-10-14/h1-11H,12H2. The molecular weight excluding hydrogens is 382 g/mol. The molecule has 0 bridgehead atoms. The minimum atomic E-state index is -1.47. The Labute approximate surface area is 147 Å². The van der Waals surface area contributed by atoms with E-state index in [1.54, 1.807) is 24.3 Å². The Bertz CT molecular complexity index is 710. The van der Waals surface area contributed by atoms with Crippen molar-refractivity contribution in [1.82, 2.24) is 10.1 Å². The molecule has 1 unspecified atom stereocenters. The summed E-state index contributed by atoms with van der Waals surface area (Å²) in [5.74, 6) is 0.378. The van der Waals surface area contributed by atoms with Gasteiger partial charge in [0.25, 0.3) is 3.91 Å². The molecule has 1 atom stereocenters. The lowest BCUT2D eigenvalue weighted by Crippen LogP contribution is -2.44. The minimum Gasteiger partial charge on any atom is -0.377 e. The highest BCUT2D eigenvalue weighted by molar-refractivity contribution is 9.10. The molecule has 0 fully saturated rings. The van der Waals surface area contributed by atoms with Gasteiger partial charge >= 0.3 is 0 Å². The molecular formula is C16H13BrClN3O2. The Hall–Kier alpha value is -2.05. The molecule has 0 amide bonds. The second-order valence-electron chi connectivity index (χ2n) is 4.83. The number of carbonyl (C=O) groups is 1. The summed E-state index contributed by atoms with van der Waals surface area (Å²) in [6.07, 6.45) is 1.48. The van der Waals surface area contributed by atoms with Crippen molar-refractivity contribution in [1.29, 1.82) is 0 Å². The van der Waals surface area contributed by atoms with Crippen LogP contribution in [0.2, 0.25) is 0 Å². The molecule has 1 aliphatic heterocycles. The molecule has 0 saturated heterocycles. The number of Topliss-reactive ketones (excluding diaryl/α,β-unsaturated/α-hetero) is 1. The minimum absolute atomic E-state index is 0.211. The lowest BCUT2D eigenvalue weighted by molar-refractivity contribution is -0.00553. The Morgan fingerprint density at radius 1 is 1.13 bits per heavy atom. The molecule has 5 nitrogen and oxygen atoms in total. The number of ketones is 1. The van der Waals surface area contributed by atoms with Crippen molar-refractivity contribution in [3.05, 3.63) is 66.2 Å². The molecule has 0 aliphatic carbocycles. The summed E-state index contributed by atoms with van der Waals surface area (Å²) in [4.78, 5) is 18.2. The number of para-hydroxylation sites is 1. The molecule has 0 aromatic heterocycles. The maximum absolute atomic E-state index is 12.6. The van der Waals surface area contributed by atoms with E-state index in [1.165, 1.54) is 16.4 Å². The maximum atomic E-state index is 12.6. The number of benzene rings is 2. The van der Waals surface area contributed by atoms with E-state index >= 15 is 0 Å². The zero-order valence-corrected chi connectivity index (χ0v) is 14.3. The molecule has 0 spiro atoms. The van der Waals surface area contributed by atoms with Gasteiger partial charge in [0.2, 0.25) is 5.78 Å². The Kier molecular flexibility index (Phi) is 4.54. The Morgan fingerprint density at radius 3 is 2.39 bits per heavy atom. The molecule has 7 heteroatoms. The molecule has 0 saturated carbocycles. The smallest absolute Gasteiger partial charge is 0.250 e.